The Kier molecular flexibility index (Phi) is 5.51. The Balaban J connectivity index is 1.79. The molecule has 0 aromatic heterocycles. The molecule has 0 amide bonds. The fourth-order valence-electron chi connectivity index (χ4n) is 2.65. The SMILES string of the molecule is Cc1ccc(S(=O)(=O)Oc2ccccc2CNc2ccc(C)c(C)c2)cc1. The number of hydrogen-bond acceptors (Lipinski definition) is 4. The standard InChI is InChI=1S/C22H23NO3S/c1-16-8-12-21(13-9-16)27(24,25)26-22-7-5-4-6-19(22)15-23-20-11-10-17(2)18(3)14-20/h4-14,23H,15H2,1-3H3. The van der Waals surface area contributed by atoms with E-state index in [1.54, 1.807) is 36.4 Å². The highest BCUT2D eigenvalue weighted by molar-refractivity contribution is 7.87. The molecule has 0 aliphatic rings. The van der Waals surface area contributed by atoms with E-state index in [0.29, 0.717) is 12.3 Å². The third kappa shape index (κ3) is 4.68. The highest BCUT2D eigenvalue weighted by Crippen LogP contribution is 2.24. The van der Waals surface area contributed by atoms with Crippen LogP contribution >= 0.6 is 0 Å². The summed E-state index contributed by atoms with van der Waals surface area (Å²) in [7, 11) is -3.88. The van der Waals surface area contributed by atoms with Crippen molar-refractivity contribution in [1.29, 1.82) is 0 Å². The molecule has 0 bridgehead atoms. The lowest BCUT2D eigenvalue weighted by molar-refractivity contribution is 0.483. The number of rotatable bonds is 6. The van der Waals surface area contributed by atoms with E-state index in [1.165, 1.54) is 11.1 Å². The number of nitrogens with one attached hydrogen (secondary N) is 1. The predicted molar refractivity (Wildman–Crippen MR) is 109 cm³/mol. The zero-order chi connectivity index (χ0) is 19.4. The first kappa shape index (κ1) is 19.0. The summed E-state index contributed by atoms with van der Waals surface area (Å²) in [6.07, 6.45) is 0. The van der Waals surface area contributed by atoms with E-state index in [9.17, 15) is 8.42 Å². The number of anilines is 1. The Morgan fingerprint density at radius 1 is 0.852 bits per heavy atom. The number of hydrogen-bond donors (Lipinski definition) is 1. The van der Waals surface area contributed by atoms with Gasteiger partial charge in [0, 0.05) is 17.8 Å². The van der Waals surface area contributed by atoms with Gasteiger partial charge < -0.3 is 9.50 Å². The number of aryl methyl sites for hydroxylation is 3. The van der Waals surface area contributed by atoms with Crippen LogP contribution in [0.2, 0.25) is 0 Å². The van der Waals surface area contributed by atoms with E-state index in [4.69, 9.17) is 4.18 Å². The lowest BCUT2D eigenvalue weighted by atomic mass is 10.1. The molecule has 0 saturated heterocycles. The lowest BCUT2D eigenvalue weighted by Crippen LogP contribution is -2.12. The van der Waals surface area contributed by atoms with Gasteiger partial charge in [-0.05, 0) is 62.2 Å². The van der Waals surface area contributed by atoms with Crippen LogP contribution in [-0.2, 0) is 16.7 Å². The van der Waals surface area contributed by atoms with Gasteiger partial charge in [0.25, 0.3) is 0 Å². The fourth-order valence-corrected chi connectivity index (χ4v) is 3.62. The maximum Gasteiger partial charge on any atom is 0.339 e. The van der Waals surface area contributed by atoms with Gasteiger partial charge in [-0.3, -0.25) is 0 Å². The molecule has 3 rings (SSSR count). The third-order valence-electron chi connectivity index (χ3n) is 4.47. The molecule has 0 heterocycles. The van der Waals surface area contributed by atoms with Crippen molar-refractivity contribution in [3.8, 4) is 5.75 Å². The highest BCUT2D eigenvalue weighted by Gasteiger charge is 2.18. The third-order valence-corrected chi connectivity index (χ3v) is 5.72. The topological polar surface area (TPSA) is 55.4 Å². The summed E-state index contributed by atoms with van der Waals surface area (Å²) in [6, 6.07) is 19.9. The summed E-state index contributed by atoms with van der Waals surface area (Å²) in [5, 5.41) is 3.33. The minimum absolute atomic E-state index is 0.144. The molecule has 140 valence electrons. The van der Waals surface area contributed by atoms with Gasteiger partial charge in [0.1, 0.15) is 10.6 Å². The summed E-state index contributed by atoms with van der Waals surface area (Å²) in [5.74, 6) is 0.328. The molecule has 0 spiro atoms. The second kappa shape index (κ2) is 7.84. The lowest BCUT2D eigenvalue weighted by Gasteiger charge is -2.13. The van der Waals surface area contributed by atoms with Gasteiger partial charge in [0.2, 0.25) is 0 Å². The van der Waals surface area contributed by atoms with Crippen molar-refractivity contribution < 1.29 is 12.6 Å². The van der Waals surface area contributed by atoms with Crippen LogP contribution < -0.4 is 9.50 Å². The molecule has 0 aliphatic heterocycles. The summed E-state index contributed by atoms with van der Waals surface area (Å²) in [5.41, 5.74) is 5.17. The van der Waals surface area contributed by atoms with Gasteiger partial charge in [-0.1, -0.05) is 42.0 Å². The zero-order valence-corrected chi connectivity index (χ0v) is 16.5. The van der Waals surface area contributed by atoms with Crippen molar-refractivity contribution in [2.45, 2.75) is 32.2 Å². The second-order valence-electron chi connectivity index (χ2n) is 6.61. The average Bonchev–Trinajstić information content (AvgIpc) is 2.64. The van der Waals surface area contributed by atoms with Crippen LogP contribution in [0.1, 0.15) is 22.3 Å². The van der Waals surface area contributed by atoms with Crippen LogP contribution in [-0.4, -0.2) is 8.42 Å². The molecule has 0 radical (unpaired) electrons. The Bertz CT molecular complexity index is 1040. The summed E-state index contributed by atoms with van der Waals surface area (Å²) >= 11 is 0. The van der Waals surface area contributed by atoms with Gasteiger partial charge in [0.15, 0.2) is 0 Å². The number of benzene rings is 3. The molecule has 0 atom stereocenters. The first-order valence-corrected chi connectivity index (χ1v) is 10.2. The molecule has 0 saturated carbocycles. The van der Waals surface area contributed by atoms with Crippen molar-refractivity contribution in [3.63, 3.8) is 0 Å². The molecule has 0 fully saturated rings. The van der Waals surface area contributed by atoms with Crippen LogP contribution in [0.15, 0.2) is 71.6 Å². The van der Waals surface area contributed by atoms with Gasteiger partial charge in [0.05, 0.1) is 0 Å². The van der Waals surface area contributed by atoms with Crippen molar-refractivity contribution in [2.75, 3.05) is 5.32 Å². The Morgan fingerprint density at radius 3 is 2.26 bits per heavy atom. The van der Waals surface area contributed by atoms with Crippen molar-refractivity contribution in [2.24, 2.45) is 0 Å². The molecule has 1 N–H and O–H groups in total. The predicted octanol–water partition coefficient (Wildman–Crippen LogP) is 4.99. The molecular weight excluding hydrogens is 358 g/mol. The van der Waals surface area contributed by atoms with E-state index in [1.807, 2.05) is 25.1 Å². The van der Waals surface area contributed by atoms with E-state index in [-0.39, 0.29) is 4.90 Å². The van der Waals surface area contributed by atoms with E-state index < -0.39 is 10.1 Å². The molecular formula is C22H23NO3S. The molecule has 27 heavy (non-hydrogen) atoms. The molecule has 3 aromatic rings. The fraction of sp³-hybridized carbons (Fsp3) is 0.182. The van der Waals surface area contributed by atoms with E-state index >= 15 is 0 Å². The molecule has 0 unspecified atom stereocenters. The van der Waals surface area contributed by atoms with Crippen LogP contribution in [0.3, 0.4) is 0 Å². The maximum atomic E-state index is 12.6. The van der Waals surface area contributed by atoms with Crippen LogP contribution in [0.5, 0.6) is 5.75 Å². The average molecular weight is 381 g/mol. The maximum absolute atomic E-state index is 12.6. The quantitative estimate of drug-likeness (QED) is 0.611. The Hall–Kier alpha value is -2.79. The van der Waals surface area contributed by atoms with Crippen molar-refractivity contribution in [1.82, 2.24) is 0 Å². The van der Waals surface area contributed by atoms with Crippen LogP contribution in [0, 0.1) is 20.8 Å². The van der Waals surface area contributed by atoms with E-state index in [2.05, 4.69) is 31.3 Å². The summed E-state index contributed by atoms with van der Waals surface area (Å²) in [6.45, 7) is 6.50. The second-order valence-corrected chi connectivity index (χ2v) is 8.16. The summed E-state index contributed by atoms with van der Waals surface area (Å²) in [4.78, 5) is 0.144. The Morgan fingerprint density at radius 2 is 1.56 bits per heavy atom. The Labute approximate surface area is 161 Å². The highest BCUT2D eigenvalue weighted by atomic mass is 32.2. The molecule has 3 aromatic carbocycles. The summed E-state index contributed by atoms with van der Waals surface area (Å²) < 4.78 is 30.6. The van der Waals surface area contributed by atoms with Gasteiger partial charge in [-0.15, -0.1) is 0 Å². The van der Waals surface area contributed by atoms with Crippen molar-refractivity contribution in [3.05, 3.63) is 89.0 Å². The largest absolute Gasteiger partial charge is 0.381 e. The van der Waals surface area contributed by atoms with Crippen LogP contribution in [0.4, 0.5) is 5.69 Å². The molecule has 5 heteroatoms. The van der Waals surface area contributed by atoms with Gasteiger partial charge in [-0.25, -0.2) is 0 Å². The molecule has 4 nitrogen and oxygen atoms in total. The van der Waals surface area contributed by atoms with E-state index in [0.717, 1.165) is 16.8 Å². The van der Waals surface area contributed by atoms with Crippen LogP contribution in [0.25, 0.3) is 0 Å². The first-order chi connectivity index (χ1) is 12.8. The minimum atomic E-state index is -3.88. The normalized spacial score (nSPS) is 11.2. The van der Waals surface area contributed by atoms with Gasteiger partial charge in [-0.2, -0.15) is 8.42 Å². The zero-order valence-electron chi connectivity index (χ0n) is 15.7. The van der Waals surface area contributed by atoms with Crippen molar-refractivity contribution >= 4 is 15.8 Å². The smallest absolute Gasteiger partial charge is 0.339 e. The first-order valence-electron chi connectivity index (χ1n) is 8.75. The number of para-hydroxylation sites is 1. The van der Waals surface area contributed by atoms with Gasteiger partial charge >= 0.3 is 10.1 Å². The monoisotopic (exact) mass is 381 g/mol. The molecule has 0 aliphatic carbocycles. The minimum Gasteiger partial charge on any atom is -0.381 e.